The van der Waals surface area contributed by atoms with Crippen LogP contribution in [0.15, 0.2) is 60.7 Å². The lowest BCUT2D eigenvalue weighted by Crippen LogP contribution is -2.43. The SMILES string of the molecule is O=C(/C=C/c1cccc(/C=C/C(=O)N2CCC3(C=Cc4ccccc43)CC2)n1)CO. The number of ketones is 1. The molecule has 2 heterocycles. The van der Waals surface area contributed by atoms with Crippen molar-refractivity contribution in [1.82, 2.24) is 9.88 Å². The minimum Gasteiger partial charge on any atom is -0.388 e. The number of piperidine rings is 1. The van der Waals surface area contributed by atoms with Crippen molar-refractivity contribution in [2.75, 3.05) is 19.7 Å². The van der Waals surface area contributed by atoms with E-state index in [9.17, 15) is 9.59 Å². The van der Waals surface area contributed by atoms with Crippen LogP contribution >= 0.6 is 0 Å². The lowest BCUT2D eigenvalue weighted by molar-refractivity contribution is -0.127. The van der Waals surface area contributed by atoms with Crippen LogP contribution in [-0.2, 0) is 15.0 Å². The van der Waals surface area contributed by atoms with Gasteiger partial charge in [-0.25, -0.2) is 4.98 Å². The molecule has 2 aromatic rings. The average Bonchev–Trinajstić information content (AvgIpc) is 3.15. The van der Waals surface area contributed by atoms with Crippen LogP contribution < -0.4 is 0 Å². The van der Waals surface area contributed by atoms with Gasteiger partial charge in [0.25, 0.3) is 0 Å². The minimum atomic E-state index is -0.525. The molecular formula is C25H24N2O3. The Kier molecular flexibility index (Phi) is 5.72. The van der Waals surface area contributed by atoms with Gasteiger partial charge in [0, 0.05) is 24.6 Å². The molecule has 1 saturated heterocycles. The minimum absolute atomic E-state index is 0.0154. The third kappa shape index (κ3) is 4.16. The molecule has 1 aliphatic heterocycles. The summed E-state index contributed by atoms with van der Waals surface area (Å²) in [5, 5.41) is 8.77. The van der Waals surface area contributed by atoms with E-state index in [4.69, 9.17) is 5.11 Å². The van der Waals surface area contributed by atoms with Gasteiger partial charge in [0.15, 0.2) is 5.78 Å². The highest BCUT2D eigenvalue weighted by atomic mass is 16.3. The van der Waals surface area contributed by atoms with Crippen LogP contribution in [0.5, 0.6) is 0 Å². The van der Waals surface area contributed by atoms with E-state index in [-0.39, 0.29) is 17.1 Å². The predicted octanol–water partition coefficient (Wildman–Crippen LogP) is 3.26. The van der Waals surface area contributed by atoms with E-state index in [2.05, 4.69) is 41.4 Å². The summed E-state index contributed by atoms with van der Waals surface area (Å²) in [5.41, 5.74) is 3.96. The Bertz CT molecular complexity index is 1040. The number of likely N-dealkylation sites (tertiary alicyclic amines) is 1. The molecule has 1 fully saturated rings. The molecule has 30 heavy (non-hydrogen) atoms. The zero-order chi connectivity index (χ0) is 21.0. The molecule has 0 unspecified atom stereocenters. The van der Waals surface area contributed by atoms with Gasteiger partial charge in [-0.3, -0.25) is 9.59 Å². The first-order valence-corrected chi connectivity index (χ1v) is 10.1. The number of benzene rings is 1. The Balaban J connectivity index is 1.38. The molecule has 1 aromatic carbocycles. The number of carbonyl (C=O) groups is 2. The van der Waals surface area contributed by atoms with Crippen molar-refractivity contribution in [2.24, 2.45) is 0 Å². The standard InChI is InChI=1S/C25H24N2O3/c28-18-22(29)10-8-20-5-3-6-21(26-20)9-11-24(30)27-16-14-25(15-17-27)13-12-19-4-1-2-7-23(19)25/h1-13,28H,14-18H2/b10-8+,11-9+. The molecule has 1 aromatic heterocycles. The number of pyridine rings is 1. The van der Waals surface area contributed by atoms with Crippen LogP contribution in [0, 0.1) is 0 Å². The Morgan fingerprint density at radius 1 is 1.00 bits per heavy atom. The summed E-state index contributed by atoms with van der Waals surface area (Å²) in [6.45, 7) is 0.922. The molecule has 4 rings (SSSR count). The van der Waals surface area contributed by atoms with Gasteiger partial charge in [-0.05, 0) is 54.3 Å². The second-order valence-electron chi connectivity index (χ2n) is 7.68. The second-order valence-corrected chi connectivity index (χ2v) is 7.68. The van der Waals surface area contributed by atoms with E-state index in [1.807, 2.05) is 11.0 Å². The van der Waals surface area contributed by atoms with E-state index in [1.54, 1.807) is 30.4 Å². The maximum Gasteiger partial charge on any atom is 0.246 e. The molecule has 0 saturated carbocycles. The van der Waals surface area contributed by atoms with E-state index < -0.39 is 6.61 Å². The molecule has 1 N–H and O–H groups in total. The number of carbonyl (C=O) groups excluding carboxylic acids is 2. The number of hydrogen-bond acceptors (Lipinski definition) is 4. The number of aromatic nitrogens is 1. The van der Waals surface area contributed by atoms with Gasteiger partial charge in [-0.1, -0.05) is 42.5 Å². The molecule has 1 spiro atoms. The van der Waals surface area contributed by atoms with Gasteiger partial charge in [0.2, 0.25) is 5.91 Å². The molecule has 0 radical (unpaired) electrons. The van der Waals surface area contributed by atoms with Crippen molar-refractivity contribution < 1.29 is 14.7 Å². The number of rotatable bonds is 5. The highest BCUT2D eigenvalue weighted by Gasteiger charge is 2.38. The van der Waals surface area contributed by atoms with E-state index >= 15 is 0 Å². The fourth-order valence-electron chi connectivity index (χ4n) is 4.14. The fraction of sp³-hybridized carbons (Fsp3) is 0.240. The van der Waals surface area contributed by atoms with Crippen molar-refractivity contribution in [3.63, 3.8) is 0 Å². The van der Waals surface area contributed by atoms with Crippen molar-refractivity contribution in [1.29, 1.82) is 0 Å². The lowest BCUT2D eigenvalue weighted by atomic mass is 9.74. The maximum absolute atomic E-state index is 12.7. The van der Waals surface area contributed by atoms with Gasteiger partial charge in [0.05, 0.1) is 11.4 Å². The highest BCUT2D eigenvalue weighted by Crippen LogP contribution is 2.43. The Hall–Kier alpha value is -3.31. The molecule has 0 atom stereocenters. The van der Waals surface area contributed by atoms with E-state index in [1.165, 1.54) is 17.2 Å². The second kappa shape index (κ2) is 8.59. The summed E-state index contributed by atoms with van der Waals surface area (Å²) in [6.07, 6.45) is 12.5. The Morgan fingerprint density at radius 2 is 1.70 bits per heavy atom. The first kappa shape index (κ1) is 20.0. The number of fused-ring (bicyclic) bond motifs is 2. The largest absolute Gasteiger partial charge is 0.388 e. The molecule has 1 aliphatic carbocycles. The van der Waals surface area contributed by atoms with Crippen molar-refractivity contribution >= 4 is 29.9 Å². The first-order chi connectivity index (χ1) is 14.6. The van der Waals surface area contributed by atoms with Gasteiger partial charge in [0.1, 0.15) is 6.61 Å². The molecule has 2 aliphatic rings. The van der Waals surface area contributed by atoms with Gasteiger partial charge in [-0.15, -0.1) is 0 Å². The van der Waals surface area contributed by atoms with Crippen LogP contribution in [0.4, 0.5) is 0 Å². The van der Waals surface area contributed by atoms with Gasteiger partial charge >= 0.3 is 0 Å². The molecule has 0 bridgehead atoms. The highest BCUT2D eigenvalue weighted by molar-refractivity contribution is 5.94. The van der Waals surface area contributed by atoms with Crippen molar-refractivity contribution in [2.45, 2.75) is 18.3 Å². The van der Waals surface area contributed by atoms with Crippen LogP contribution in [0.3, 0.4) is 0 Å². The summed E-state index contributed by atoms with van der Waals surface area (Å²) in [6, 6.07) is 13.9. The third-order valence-corrected chi connectivity index (χ3v) is 5.83. The number of aliphatic hydroxyl groups excluding tert-OH is 1. The zero-order valence-electron chi connectivity index (χ0n) is 16.7. The Morgan fingerprint density at radius 3 is 2.43 bits per heavy atom. The average molecular weight is 400 g/mol. The van der Waals surface area contributed by atoms with Gasteiger partial charge in [-0.2, -0.15) is 0 Å². The smallest absolute Gasteiger partial charge is 0.246 e. The topological polar surface area (TPSA) is 70.5 Å². The zero-order valence-corrected chi connectivity index (χ0v) is 16.7. The fourth-order valence-corrected chi connectivity index (χ4v) is 4.14. The molecule has 5 heteroatoms. The molecule has 1 amide bonds. The van der Waals surface area contributed by atoms with Crippen molar-refractivity contribution in [3.05, 3.63) is 83.2 Å². The lowest BCUT2D eigenvalue weighted by Gasteiger charge is -2.39. The van der Waals surface area contributed by atoms with Gasteiger partial charge < -0.3 is 10.0 Å². The quantitative estimate of drug-likeness (QED) is 0.782. The molecular weight excluding hydrogens is 376 g/mol. The van der Waals surface area contributed by atoms with Crippen molar-refractivity contribution in [3.8, 4) is 0 Å². The van der Waals surface area contributed by atoms with E-state index in [0.717, 1.165) is 25.9 Å². The monoisotopic (exact) mass is 400 g/mol. The third-order valence-electron chi connectivity index (χ3n) is 5.83. The molecule has 152 valence electrons. The normalized spacial score (nSPS) is 17.2. The summed E-state index contributed by atoms with van der Waals surface area (Å²) >= 11 is 0. The number of allylic oxidation sites excluding steroid dienone is 1. The van der Waals surface area contributed by atoms with E-state index in [0.29, 0.717) is 11.4 Å². The predicted molar refractivity (Wildman–Crippen MR) is 117 cm³/mol. The summed E-state index contributed by atoms with van der Waals surface area (Å²) < 4.78 is 0. The molecule has 5 nitrogen and oxygen atoms in total. The maximum atomic E-state index is 12.7. The van der Waals surface area contributed by atoms with Crippen LogP contribution in [-0.4, -0.2) is 46.4 Å². The first-order valence-electron chi connectivity index (χ1n) is 10.1. The number of nitrogens with zero attached hydrogens (tertiary/aromatic N) is 2. The summed E-state index contributed by atoms with van der Waals surface area (Å²) in [4.78, 5) is 30.1. The van der Waals surface area contributed by atoms with Crippen LogP contribution in [0.25, 0.3) is 18.2 Å². The number of hydrogen-bond donors (Lipinski definition) is 1. The van der Waals surface area contributed by atoms with Crippen LogP contribution in [0.2, 0.25) is 0 Å². The number of amides is 1. The summed E-state index contributed by atoms with van der Waals surface area (Å²) in [5.74, 6) is -0.395. The van der Waals surface area contributed by atoms with Crippen LogP contribution in [0.1, 0.15) is 35.4 Å². The number of aliphatic hydroxyl groups is 1. The summed E-state index contributed by atoms with van der Waals surface area (Å²) in [7, 11) is 0. The Labute approximate surface area is 176 Å².